The third kappa shape index (κ3) is 3.70. The summed E-state index contributed by atoms with van der Waals surface area (Å²) in [7, 11) is 0. The standard InChI is InChI=1S/C10H16ClNO3/c1-10(2,3)15-9(14)12-5-4-8(13)7(11)6-12/h7H,4-6H2,1-3H3. The Morgan fingerprint density at radius 1 is 1.53 bits per heavy atom. The second-order valence-corrected chi connectivity index (χ2v) is 5.14. The number of Topliss-reactive ketones (excluding diaryl/α,β-unsaturated/α-hetero) is 1. The van der Waals surface area contributed by atoms with Crippen LogP contribution in [-0.2, 0) is 9.53 Å². The summed E-state index contributed by atoms with van der Waals surface area (Å²) < 4.78 is 5.18. The number of hydrogen-bond acceptors (Lipinski definition) is 3. The van der Waals surface area contributed by atoms with Gasteiger partial charge in [0.05, 0.1) is 0 Å². The maximum Gasteiger partial charge on any atom is 0.410 e. The van der Waals surface area contributed by atoms with E-state index in [0.29, 0.717) is 13.0 Å². The van der Waals surface area contributed by atoms with Crippen LogP contribution in [0.2, 0.25) is 0 Å². The Kier molecular flexibility index (Phi) is 3.60. The van der Waals surface area contributed by atoms with Crippen LogP contribution in [0, 0.1) is 0 Å². The highest BCUT2D eigenvalue weighted by atomic mass is 35.5. The largest absolute Gasteiger partial charge is 0.444 e. The van der Waals surface area contributed by atoms with Crippen molar-refractivity contribution in [2.75, 3.05) is 13.1 Å². The molecule has 1 saturated heterocycles. The van der Waals surface area contributed by atoms with Crippen LogP contribution in [0.1, 0.15) is 27.2 Å². The summed E-state index contributed by atoms with van der Waals surface area (Å²) in [4.78, 5) is 24.2. The lowest BCUT2D eigenvalue weighted by Gasteiger charge is -2.31. The van der Waals surface area contributed by atoms with Gasteiger partial charge in [0, 0.05) is 19.5 Å². The molecular formula is C10H16ClNO3. The fourth-order valence-corrected chi connectivity index (χ4v) is 1.56. The van der Waals surface area contributed by atoms with Gasteiger partial charge in [-0.25, -0.2) is 4.79 Å². The lowest BCUT2D eigenvalue weighted by atomic mass is 10.1. The summed E-state index contributed by atoms with van der Waals surface area (Å²) in [6, 6.07) is 0. The predicted molar refractivity (Wildman–Crippen MR) is 57.1 cm³/mol. The number of nitrogens with zero attached hydrogens (tertiary/aromatic N) is 1. The van der Waals surface area contributed by atoms with Crippen LogP contribution in [0.4, 0.5) is 4.79 Å². The van der Waals surface area contributed by atoms with Gasteiger partial charge in [0.2, 0.25) is 0 Å². The molecule has 1 fully saturated rings. The van der Waals surface area contributed by atoms with Gasteiger partial charge in [-0.3, -0.25) is 4.79 Å². The monoisotopic (exact) mass is 233 g/mol. The molecular weight excluding hydrogens is 218 g/mol. The van der Waals surface area contributed by atoms with E-state index in [9.17, 15) is 9.59 Å². The van der Waals surface area contributed by atoms with E-state index in [1.54, 1.807) is 20.8 Å². The molecule has 1 unspecified atom stereocenters. The summed E-state index contributed by atoms with van der Waals surface area (Å²) in [6.45, 7) is 6.06. The molecule has 0 N–H and O–H groups in total. The van der Waals surface area contributed by atoms with Gasteiger partial charge in [-0.15, -0.1) is 11.6 Å². The van der Waals surface area contributed by atoms with Crippen LogP contribution >= 0.6 is 11.6 Å². The number of halogens is 1. The number of likely N-dealkylation sites (tertiary alicyclic amines) is 1. The molecule has 1 amide bonds. The third-order valence-electron chi connectivity index (χ3n) is 2.01. The van der Waals surface area contributed by atoms with Crippen LogP contribution in [0.15, 0.2) is 0 Å². The second kappa shape index (κ2) is 4.39. The summed E-state index contributed by atoms with van der Waals surface area (Å²) in [5.41, 5.74) is -0.514. The van der Waals surface area contributed by atoms with E-state index >= 15 is 0 Å². The van der Waals surface area contributed by atoms with Gasteiger partial charge in [0.1, 0.15) is 11.0 Å². The minimum atomic E-state index is -0.591. The minimum absolute atomic E-state index is 0.00326. The van der Waals surface area contributed by atoms with E-state index in [1.165, 1.54) is 4.90 Å². The Bertz CT molecular complexity index is 272. The van der Waals surface area contributed by atoms with Crippen LogP contribution in [0.25, 0.3) is 0 Å². The molecule has 4 nitrogen and oxygen atoms in total. The van der Waals surface area contributed by atoms with Gasteiger partial charge in [0.25, 0.3) is 0 Å². The Morgan fingerprint density at radius 3 is 2.60 bits per heavy atom. The first kappa shape index (κ1) is 12.3. The number of amides is 1. The van der Waals surface area contributed by atoms with E-state index in [1.807, 2.05) is 0 Å². The van der Waals surface area contributed by atoms with Crippen molar-refractivity contribution in [2.24, 2.45) is 0 Å². The molecule has 0 aliphatic carbocycles. The highest BCUT2D eigenvalue weighted by molar-refractivity contribution is 6.31. The van der Waals surface area contributed by atoms with Crippen molar-refractivity contribution in [3.8, 4) is 0 Å². The molecule has 1 rings (SSSR count). The van der Waals surface area contributed by atoms with Crippen molar-refractivity contribution in [3.63, 3.8) is 0 Å². The number of carbonyl (C=O) groups is 2. The molecule has 1 atom stereocenters. The number of piperidine rings is 1. The first-order valence-corrected chi connectivity index (χ1v) is 5.38. The van der Waals surface area contributed by atoms with E-state index in [0.717, 1.165) is 0 Å². The topological polar surface area (TPSA) is 46.6 Å². The SMILES string of the molecule is CC(C)(C)OC(=O)N1CCC(=O)C(Cl)C1. The highest BCUT2D eigenvalue weighted by Gasteiger charge is 2.30. The quantitative estimate of drug-likeness (QED) is 0.600. The summed E-state index contributed by atoms with van der Waals surface area (Å²) in [5, 5.41) is -0.591. The van der Waals surface area contributed by atoms with Crippen LogP contribution < -0.4 is 0 Å². The van der Waals surface area contributed by atoms with Gasteiger partial charge >= 0.3 is 6.09 Å². The molecule has 0 aromatic heterocycles. The summed E-state index contributed by atoms with van der Waals surface area (Å²) >= 11 is 5.78. The summed E-state index contributed by atoms with van der Waals surface area (Å²) in [6.07, 6.45) is -0.0893. The predicted octanol–water partition coefficient (Wildman–Crippen LogP) is 1.80. The molecule has 0 spiro atoms. The van der Waals surface area contributed by atoms with E-state index < -0.39 is 17.1 Å². The van der Waals surface area contributed by atoms with Crippen molar-refractivity contribution in [1.82, 2.24) is 4.90 Å². The van der Waals surface area contributed by atoms with Gasteiger partial charge < -0.3 is 9.64 Å². The third-order valence-corrected chi connectivity index (χ3v) is 2.39. The molecule has 1 aliphatic heterocycles. The highest BCUT2D eigenvalue weighted by Crippen LogP contribution is 2.16. The molecule has 0 bridgehead atoms. The van der Waals surface area contributed by atoms with Crippen LogP contribution in [0.5, 0.6) is 0 Å². The first-order valence-electron chi connectivity index (χ1n) is 4.94. The van der Waals surface area contributed by atoms with Gasteiger partial charge in [-0.1, -0.05) is 0 Å². The Morgan fingerprint density at radius 2 is 2.13 bits per heavy atom. The molecule has 15 heavy (non-hydrogen) atoms. The zero-order valence-electron chi connectivity index (χ0n) is 9.25. The fraction of sp³-hybridized carbons (Fsp3) is 0.800. The number of ether oxygens (including phenoxy) is 1. The zero-order valence-corrected chi connectivity index (χ0v) is 10.0. The minimum Gasteiger partial charge on any atom is -0.444 e. The first-order chi connectivity index (χ1) is 6.79. The van der Waals surface area contributed by atoms with E-state index in [4.69, 9.17) is 16.3 Å². The van der Waals surface area contributed by atoms with E-state index in [-0.39, 0.29) is 12.3 Å². The van der Waals surface area contributed by atoms with Crippen molar-refractivity contribution >= 4 is 23.5 Å². The Hall–Kier alpha value is -0.770. The maximum absolute atomic E-state index is 11.6. The van der Waals surface area contributed by atoms with Crippen molar-refractivity contribution in [1.29, 1.82) is 0 Å². The number of hydrogen-bond donors (Lipinski definition) is 0. The van der Waals surface area contributed by atoms with Crippen molar-refractivity contribution in [2.45, 2.75) is 38.2 Å². The van der Waals surface area contributed by atoms with Gasteiger partial charge in [-0.05, 0) is 20.8 Å². The maximum atomic E-state index is 11.6. The van der Waals surface area contributed by atoms with Crippen molar-refractivity contribution < 1.29 is 14.3 Å². The number of rotatable bonds is 0. The normalized spacial score (nSPS) is 22.8. The van der Waals surface area contributed by atoms with Gasteiger partial charge in [-0.2, -0.15) is 0 Å². The molecule has 5 heteroatoms. The average Bonchev–Trinajstić information content (AvgIpc) is 2.06. The Balaban J connectivity index is 2.51. The second-order valence-electron chi connectivity index (χ2n) is 4.61. The van der Waals surface area contributed by atoms with Crippen molar-refractivity contribution in [3.05, 3.63) is 0 Å². The number of ketones is 1. The van der Waals surface area contributed by atoms with Crippen LogP contribution in [-0.4, -0.2) is 40.8 Å². The number of carbonyl (C=O) groups excluding carboxylic acids is 2. The molecule has 0 aromatic carbocycles. The van der Waals surface area contributed by atoms with E-state index in [2.05, 4.69) is 0 Å². The molecule has 0 radical (unpaired) electrons. The van der Waals surface area contributed by atoms with Crippen LogP contribution in [0.3, 0.4) is 0 Å². The molecule has 0 saturated carbocycles. The fourth-order valence-electron chi connectivity index (χ4n) is 1.28. The summed E-state index contributed by atoms with van der Waals surface area (Å²) in [5.74, 6) is -0.00326. The lowest BCUT2D eigenvalue weighted by Crippen LogP contribution is -2.46. The average molecular weight is 234 g/mol. The Labute approximate surface area is 94.5 Å². The molecule has 1 heterocycles. The molecule has 86 valence electrons. The smallest absolute Gasteiger partial charge is 0.410 e. The lowest BCUT2D eigenvalue weighted by molar-refractivity contribution is -0.120. The molecule has 0 aromatic rings. The molecule has 1 aliphatic rings. The number of alkyl halides is 1. The zero-order chi connectivity index (χ0) is 11.6. The van der Waals surface area contributed by atoms with Gasteiger partial charge in [0.15, 0.2) is 5.78 Å².